The van der Waals surface area contributed by atoms with Crippen molar-refractivity contribution in [2.75, 3.05) is 6.61 Å². The molecule has 1 unspecified atom stereocenters. The van der Waals surface area contributed by atoms with Gasteiger partial charge in [-0.3, -0.25) is 4.79 Å². The second-order valence-corrected chi connectivity index (χ2v) is 7.26. The van der Waals surface area contributed by atoms with Gasteiger partial charge >= 0.3 is 5.97 Å². The molecule has 1 saturated heterocycles. The fourth-order valence-electron chi connectivity index (χ4n) is 2.99. The van der Waals surface area contributed by atoms with Crippen LogP contribution in [0.25, 0.3) is 0 Å². The van der Waals surface area contributed by atoms with Crippen LogP contribution in [0.4, 0.5) is 0 Å². The molecule has 1 atom stereocenters. The van der Waals surface area contributed by atoms with Crippen LogP contribution in [-0.2, 0) is 19.1 Å². The first-order valence-corrected chi connectivity index (χ1v) is 7.45. The van der Waals surface area contributed by atoms with Gasteiger partial charge in [-0.15, -0.1) is 0 Å². The molecule has 0 bridgehead atoms. The van der Waals surface area contributed by atoms with Crippen LogP contribution in [-0.4, -0.2) is 41.0 Å². The fraction of sp³-hybridized carbons (Fsp3) is 0.867. The van der Waals surface area contributed by atoms with Crippen LogP contribution in [0.2, 0.25) is 0 Å². The lowest BCUT2D eigenvalue weighted by molar-refractivity contribution is -0.304. The van der Waals surface area contributed by atoms with E-state index in [-0.39, 0.29) is 5.91 Å². The van der Waals surface area contributed by atoms with Gasteiger partial charge in [-0.1, -0.05) is 26.7 Å². The average molecular weight is 299 g/mol. The molecule has 2 fully saturated rings. The highest BCUT2D eigenvalue weighted by atomic mass is 16.7. The number of hydrogen-bond donors (Lipinski definition) is 2. The topological polar surface area (TPSA) is 84.9 Å². The maximum atomic E-state index is 12.6. The van der Waals surface area contributed by atoms with Crippen LogP contribution in [0.5, 0.6) is 0 Å². The number of amides is 1. The monoisotopic (exact) mass is 299 g/mol. The van der Waals surface area contributed by atoms with Crippen LogP contribution in [0, 0.1) is 5.41 Å². The van der Waals surface area contributed by atoms with Crippen molar-refractivity contribution in [3.8, 4) is 0 Å². The van der Waals surface area contributed by atoms with E-state index in [9.17, 15) is 14.7 Å². The van der Waals surface area contributed by atoms with Crippen molar-refractivity contribution in [2.45, 2.75) is 70.8 Å². The first-order chi connectivity index (χ1) is 9.58. The third-order valence-electron chi connectivity index (χ3n) is 4.37. The molecule has 0 radical (unpaired) electrons. The summed E-state index contributed by atoms with van der Waals surface area (Å²) in [5, 5.41) is 12.2. The zero-order valence-electron chi connectivity index (χ0n) is 13.2. The molecule has 0 aromatic heterocycles. The molecule has 1 heterocycles. The van der Waals surface area contributed by atoms with E-state index in [1.54, 1.807) is 13.8 Å². The highest BCUT2D eigenvalue weighted by molar-refractivity contribution is 5.89. The van der Waals surface area contributed by atoms with Gasteiger partial charge in [0.1, 0.15) is 11.6 Å². The van der Waals surface area contributed by atoms with E-state index in [2.05, 4.69) is 5.32 Å². The van der Waals surface area contributed by atoms with Gasteiger partial charge in [0.15, 0.2) is 5.79 Å². The molecule has 2 aliphatic rings. The van der Waals surface area contributed by atoms with Crippen molar-refractivity contribution in [3.05, 3.63) is 0 Å². The Morgan fingerprint density at radius 3 is 2.24 bits per heavy atom. The van der Waals surface area contributed by atoms with E-state index in [1.165, 1.54) is 0 Å². The van der Waals surface area contributed by atoms with Crippen molar-refractivity contribution in [1.82, 2.24) is 5.32 Å². The molecule has 2 N–H and O–H groups in total. The Hall–Kier alpha value is -1.14. The molecule has 0 spiro atoms. The van der Waals surface area contributed by atoms with E-state index in [4.69, 9.17) is 9.47 Å². The molecule has 6 nitrogen and oxygen atoms in total. The van der Waals surface area contributed by atoms with E-state index in [1.807, 2.05) is 13.8 Å². The van der Waals surface area contributed by atoms with Gasteiger partial charge in [-0.05, 0) is 26.7 Å². The molecule has 120 valence electrons. The normalized spacial score (nSPS) is 29.8. The van der Waals surface area contributed by atoms with Crippen LogP contribution < -0.4 is 5.32 Å². The third kappa shape index (κ3) is 3.21. The van der Waals surface area contributed by atoms with Gasteiger partial charge in [-0.2, -0.15) is 0 Å². The summed E-state index contributed by atoms with van der Waals surface area (Å²) in [5.41, 5.74) is -1.64. The van der Waals surface area contributed by atoms with Crippen molar-refractivity contribution >= 4 is 11.9 Å². The molecule has 1 aliphatic carbocycles. The maximum Gasteiger partial charge on any atom is 0.329 e. The average Bonchev–Trinajstić information content (AvgIpc) is 2.82. The lowest BCUT2D eigenvalue weighted by Gasteiger charge is -2.45. The SMILES string of the molecule is CC1(C)OCC(C)(C)C(C(=O)NC2(C(=O)O)CCCC2)O1. The molecule has 2 rings (SSSR count). The number of carboxylic acid groups (broad SMARTS) is 1. The highest BCUT2D eigenvalue weighted by Crippen LogP contribution is 2.36. The number of nitrogens with one attached hydrogen (secondary N) is 1. The molecule has 21 heavy (non-hydrogen) atoms. The Morgan fingerprint density at radius 2 is 1.71 bits per heavy atom. The van der Waals surface area contributed by atoms with Crippen LogP contribution in [0.3, 0.4) is 0 Å². The lowest BCUT2D eigenvalue weighted by atomic mass is 9.84. The predicted molar refractivity (Wildman–Crippen MR) is 75.7 cm³/mol. The Labute approximate surface area is 125 Å². The molecule has 1 amide bonds. The van der Waals surface area contributed by atoms with Crippen LogP contribution in [0.1, 0.15) is 53.4 Å². The van der Waals surface area contributed by atoms with Gasteiger partial charge in [-0.25, -0.2) is 4.79 Å². The molecule has 1 aliphatic heterocycles. The Bertz CT molecular complexity index is 437. The lowest BCUT2D eigenvalue weighted by Crippen LogP contribution is -2.61. The van der Waals surface area contributed by atoms with Crippen molar-refractivity contribution < 1.29 is 24.2 Å². The summed E-state index contributed by atoms with van der Waals surface area (Å²) in [6.45, 7) is 7.66. The molecule has 0 aromatic carbocycles. The van der Waals surface area contributed by atoms with Crippen LogP contribution in [0.15, 0.2) is 0 Å². The van der Waals surface area contributed by atoms with Gasteiger partial charge in [0, 0.05) is 5.41 Å². The number of rotatable bonds is 3. The largest absolute Gasteiger partial charge is 0.480 e. The van der Waals surface area contributed by atoms with Gasteiger partial charge in [0.25, 0.3) is 5.91 Å². The minimum Gasteiger partial charge on any atom is -0.480 e. The molecule has 0 aromatic rings. The molecular weight excluding hydrogens is 274 g/mol. The first-order valence-electron chi connectivity index (χ1n) is 7.45. The van der Waals surface area contributed by atoms with Crippen molar-refractivity contribution in [2.24, 2.45) is 5.41 Å². The van der Waals surface area contributed by atoms with Crippen molar-refractivity contribution in [1.29, 1.82) is 0 Å². The van der Waals surface area contributed by atoms with E-state index < -0.39 is 28.8 Å². The summed E-state index contributed by atoms with van der Waals surface area (Å²) in [6.07, 6.45) is 1.85. The Kier molecular flexibility index (Phi) is 4.06. The quantitative estimate of drug-likeness (QED) is 0.828. The number of carboxylic acids is 1. The Balaban J connectivity index is 2.16. The summed E-state index contributed by atoms with van der Waals surface area (Å²) in [6, 6.07) is 0. The van der Waals surface area contributed by atoms with Gasteiger partial charge < -0.3 is 19.9 Å². The second kappa shape index (κ2) is 5.25. The predicted octanol–water partition coefficient (Wildman–Crippen LogP) is 1.68. The van der Waals surface area contributed by atoms with Gasteiger partial charge in [0.2, 0.25) is 0 Å². The second-order valence-electron chi connectivity index (χ2n) is 7.26. The zero-order valence-corrected chi connectivity index (χ0v) is 13.2. The minimum atomic E-state index is -1.14. The number of carbonyl (C=O) groups excluding carboxylic acids is 1. The summed E-state index contributed by atoms with van der Waals surface area (Å²) < 4.78 is 11.3. The highest BCUT2D eigenvalue weighted by Gasteiger charge is 2.49. The first kappa shape index (κ1) is 16.2. The summed E-state index contributed by atoms with van der Waals surface area (Å²) in [4.78, 5) is 24.2. The number of hydrogen-bond acceptors (Lipinski definition) is 4. The summed E-state index contributed by atoms with van der Waals surface area (Å²) >= 11 is 0. The summed E-state index contributed by atoms with van der Waals surface area (Å²) in [7, 11) is 0. The van der Waals surface area contributed by atoms with E-state index in [0.717, 1.165) is 12.8 Å². The zero-order chi connectivity index (χ0) is 15.9. The standard InChI is InChI=1S/C15H25NO5/c1-13(2)9-20-14(3,4)21-10(13)11(17)16-15(12(18)19)7-5-6-8-15/h10H,5-9H2,1-4H3,(H,16,17)(H,18,19). The smallest absolute Gasteiger partial charge is 0.329 e. The number of carbonyl (C=O) groups is 2. The van der Waals surface area contributed by atoms with Crippen LogP contribution >= 0.6 is 0 Å². The summed E-state index contributed by atoms with van der Waals surface area (Å²) in [5.74, 6) is -2.16. The fourth-order valence-corrected chi connectivity index (χ4v) is 2.99. The van der Waals surface area contributed by atoms with E-state index >= 15 is 0 Å². The minimum absolute atomic E-state index is 0.360. The Morgan fingerprint density at radius 1 is 1.14 bits per heavy atom. The third-order valence-corrected chi connectivity index (χ3v) is 4.37. The molecule has 1 saturated carbocycles. The number of aliphatic carboxylic acids is 1. The van der Waals surface area contributed by atoms with E-state index in [0.29, 0.717) is 19.4 Å². The molecule has 6 heteroatoms. The van der Waals surface area contributed by atoms with Gasteiger partial charge in [0.05, 0.1) is 6.61 Å². The molecular formula is C15H25NO5. The van der Waals surface area contributed by atoms with Crippen molar-refractivity contribution in [3.63, 3.8) is 0 Å². The maximum absolute atomic E-state index is 12.6. The number of ether oxygens (including phenoxy) is 2.